The summed E-state index contributed by atoms with van der Waals surface area (Å²) in [6, 6.07) is 2.75. The van der Waals surface area contributed by atoms with Crippen LogP contribution < -0.4 is 5.43 Å². The van der Waals surface area contributed by atoms with Crippen LogP contribution in [0.1, 0.15) is 12.7 Å². The molecule has 1 unspecified atom stereocenters. The van der Waals surface area contributed by atoms with Crippen molar-refractivity contribution in [1.82, 2.24) is 5.43 Å². The van der Waals surface area contributed by atoms with Crippen LogP contribution >= 0.6 is 15.9 Å². The summed E-state index contributed by atoms with van der Waals surface area (Å²) in [6.45, 7) is 1.85. The molecule has 0 spiro atoms. The van der Waals surface area contributed by atoms with Gasteiger partial charge in [-0.25, -0.2) is 0 Å². The van der Waals surface area contributed by atoms with Gasteiger partial charge in [0.05, 0.1) is 17.2 Å². The largest absolute Gasteiger partial charge is 0.433 e. The Hall–Kier alpha value is -1.37. The van der Waals surface area contributed by atoms with Crippen LogP contribution in [0, 0.1) is 10.1 Å². The lowest BCUT2D eigenvalue weighted by Crippen LogP contribution is -2.12. The molecule has 14 heavy (non-hydrogen) atoms. The number of nitrogens with one attached hydrogen (secondary N) is 1. The standard InChI is InChI=1S/C7H8BrN3O3/c1-5(8)10-9-4-6-2-3-7(14-6)11(12)13/h2-5,10H,1H3. The van der Waals surface area contributed by atoms with Gasteiger partial charge in [0, 0.05) is 0 Å². The molecule has 76 valence electrons. The van der Waals surface area contributed by atoms with Gasteiger partial charge in [-0.1, -0.05) is 15.9 Å². The van der Waals surface area contributed by atoms with Crippen molar-refractivity contribution in [1.29, 1.82) is 0 Å². The van der Waals surface area contributed by atoms with Gasteiger partial charge >= 0.3 is 5.88 Å². The zero-order valence-corrected chi connectivity index (χ0v) is 8.89. The van der Waals surface area contributed by atoms with E-state index in [1.165, 1.54) is 18.3 Å². The van der Waals surface area contributed by atoms with Gasteiger partial charge in [-0.15, -0.1) is 0 Å². The second-order valence-corrected chi connectivity index (χ2v) is 3.81. The molecule has 0 aromatic carbocycles. The summed E-state index contributed by atoms with van der Waals surface area (Å²) in [7, 11) is 0. The summed E-state index contributed by atoms with van der Waals surface area (Å²) < 4.78 is 4.82. The minimum absolute atomic E-state index is 0.0312. The van der Waals surface area contributed by atoms with Crippen LogP contribution in [0.2, 0.25) is 0 Å². The topological polar surface area (TPSA) is 80.7 Å². The van der Waals surface area contributed by atoms with Crippen molar-refractivity contribution >= 4 is 28.0 Å². The fourth-order valence-corrected chi connectivity index (χ4v) is 0.832. The normalized spacial score (nSPS) is 13.0. The number of hydrazone groups is 1. The van der Waals surface area contributed by atoms with E-state index in [-0.39, 0.29) is 10.8 Å². The van der Waals surface area contributed by atoms with E-state index >= 15 is 0 Å². The maximum Gasteiger partial charge on any atom is 0.433 e. The van der Waals surface area contributed by atoms with Crippen LogP contribution in [-0.2, 0) is 0 Å². The predicted octanol–water partition coefficient (Wildman–Crippen LogP) is 1.85. The average Bonchev–Trinajstić information content (AvgIpc) is 2.52. The third-order valence-corrected chi connectivity index (χ3v) is 1.44. The van der Waals surface area contributed by atoms with Crippen LogP contribution in [0.15, 0.2) is 21.7 Å². The molecule has 0 aliphatic carbocycles. The Balaban J connectivity index is 2.59. The van der Waals surface area contributed by atoms with Crippen LogP contribution in [0.25, 0.3) is 0 Å². The van der Waals surface area contributed by atoms with E-state index in [1.54, 1.807) is 0 Å². The molecule has 7 heteroatoms. The summed E-state index contributed by atoms with van der Waals surface area (Å²) in [4.78, 5) is 9.67. The number of rotatable bonds is 4. The van der Waals surface area contributed by atoms with E-state index in [2.05, 4.69) is 26.5 Å². The smallest absolute Gasteiger partial charge is 0.400 e. The van der Waals surface area contributed by atoms with E-state index in [0.717, 1.165) is 0 Å². The Bertz CT molecular complexity index is 348. The number of hydrogen-bond donors (Lipinski definition) is 1. The van der Waals surface area contributed by atoms with Gasteiger partial charge in [0.25, 0.3) is 0 Å². The van der Waals surface area contributed by atoms with Crippen LogP contribution in [0.5, 0.6) is 0 Å². The summed E-state index contributed by atoms with van der Waals surface area (Å²) in [5, 5.41) is 14.0. The molecule has 1 aromatic rings. The van der Waals surface area contributed by atoms with E-state index in [9.17, 15) is 10.1 Å². The summed E-state index contributed by atoms with van der Waals surface area (Å²) >= 11 is 3.21. The first kappa shape index (κ1) is 10.7. The molecule has 1 aromatic heterocycles. The fourth-order valence-electron chi connectivity index (χ4n) is 0.713. The summed E-state index contributed by atoms with van der Waals surface area (Å²) in [6.07, 6.45) is 1.37. The number of nitrogens with zero attached hydrogens (tertiary/aromatic N) is 2. The lowest BCUT2D eigenvalue weighted by Gasteiger charge is -1.98. The fraction of sp³-hybridized carbons (Fsp3) is 0.286. The maximum absolute atomic E-state index is 10.2. The third kappa shape index (κ3) is 3.17. The van der Waals surface area contributed by atoms with Gasteiger partial charge < -0.3 is 4.42 Å². The van der Waals surface area contributed by atoms with E-state index in [0.29, 0.717) is 5.76 Å². The molecule has 0 fully saturated rings. The highest BCUT2D eigenvalue weighted by Gasteiger charge is 2.09. The van der Waals surface area contributed by atoms with Gasteiger partial charge in [-0.3, -0.25) is 15.5 Å². The highest BCUT2D eigenvalue weighted by molar-refractivity contribution is 9.09. The third-order valence-electron chi connectivity index (χ3n) is 1.24. The average molecular weight is 262 g/mol. The monoisotopic (exact) mass is 261 g/mol. The van der Waals surface area contributed by atoms with Crippen molar-refractivity contribution in [2.75, 3.05) is 0 Å². The van der Waals surface area contributed by atoms with Crippen molar-refractivity contribution in [3.05, 3.63) is 28.0 Å². The lowest BCUT2D eigenvalue weighted by atomic mass is 10.5. The Kier molecular flexibility index (Phi) is 3.63. The second-order valence-electron chi connectivity index (χ2n) is 2.44. The predicted molar refractivity (Wildman–Crippen MR) is 54.5 cm³/mol. The molecule has 0 saturated carbocycles. The molecule has 1 atom stereocenters. The first-order valence-corrected chi connectivity index (χ1v) is 4.68. The first-order chi connectivity index (χ1) is 6.59. The Morgan fingerprint density at radius 2 is 2.50 bits per heavy atom. The number of nitro groups is 1. The van der Waals surface area contributed by atoms with Crippen molar-refractivity contribution in [3.63, 3.8) is 0 Å². The Morgan fingerprint density at radius 1 is 1.79 bits per heavy atom. The molecular weight excluding hydrogens is 254 g/mol. The van der Waals surface area contributed by atoms with E-state index < -0.39 is 4.92 Å². The molecule has 0 bridgehead atoms. The van der Waals surface area contributed by atoms with Crippen LogP contribution in [-0.4, -0.2) is 16.1 Å². The number of furan rings is 1. The molecule has 1 heterocycles. The zero-order valence-electron chi connectivity index (χ0n) is 7.31. The molecule has 0 aliphatic heterocycles. The minimum atomic E-state index is -0.599. The lowest BCUT2D eigenvalue weighted by molar-refractivity contribution is -0.402. The van der Waals surface area contributed by atoms with Gasteiger partial charge in [-0.2, -0.15) is 5.10 Å². The number of alkyl halides is 1. The molecule has 1 N–H and O–H groups in total. The van der Waals surface area contributed by atoms with Gasteiger partial charge in [0.15, 0.2) is 5.76 Å². The van der Waals surface area contributed by atoms with Crippen molar-refractivity contribution in [3.8, 4) is 0 Å². The molecule has 1 rings (SSSR count). The molecule has 0 aliphatic rings. The zero-order chi connectivity index (χ0) is 10.6. The van der Waals surface area contributed by atoms with Crippen LogP contribution in [0.3, 0.4) is 0 Å². The SMILES string of the molecule is CC(Br)NN=Cc1ccc([N+](=O)[O-])o1. The summed E-state index contributed by atoms with van der Waals surface area (Å²) in [5.74, 6) is 0.0377. The molecule has 0 saturated heterocycles. The molecule has 0 amide bonds. The Labute approximate surface area is 88.3 Å². The molecule has 6 nitrogen and oxygen atoms in total. The number of hydrogen-bond acceptors (Lipinski definition) is 5. The highest BCUT2D eigenvalue weighted by Crippen LogP contribution is 2.13. The molecule has 0 radical (unpaired) electrons. The Morgan fingerprint density at radius 3 is 3.00 bits per heavy atom. The van der Waals surface area contributed by atoms with Gasteiger partial charge in [0.1, 0.15) is 4.92 Å². The highest BCUT2D eigenvalue weighted by atomic mass is 79.9. The van der Waals surface area contributed by atoms with Crippen molar-refractivity contribution in [2.24, 2.45) is 5.10 Å². The first-order valence-electron chi connectivity index (χ1n) is 3.76. The van der Waals surface area contributed by atoms with E-state index in [1.807, 2.05) is 6.92 Å². The van der Waals surface area contributed by atoms with Crippen molar-refractivity contribution < 1.29 is 9.34 Å². The minimum Gasteiger partial charge on any atom is -0.400 e. The number of halogens is 1. The van der Waals surface area contributed by atoms with E-state index in [4.69, 9.17) is 4.42 Å². The van der Waals surface area contributed by atoms with Crippen LogP contribution in [0.4, 0.5) is 5.88 Å². The summed E-state index contributed by atoms with van der Waals surface area (Å²) in [5.41, 5.74) is 2.69. The van der Waals surface area contributed by atoms with Crippen molar-refractivity contribution in [2.45, 2.75) is 11.9 Å². The maximum atomic E-state index is 10.2. The van der Waals surface area contributed by atoms with Gasteiger partial charge in [-0.05, 0) is 13.0 Å². The second kappa shape index (κ2) is 4.75. The van der Waals surface area contributed by atoms with Gasteiger partial charge in [0.2, 0.25) is 0 Å². The quantitative estimate of drug-likeness (QED) is 0.295. The molecular formula is C7H8BrN3O3.